The second-order valence-electron chi connectivity index (χ2n) is 5.42. The van der Waals surface area contributed by atoms with Crippen LogP contribution in [0.3, 0.4) is 0 Å². The minimum atomic E-state index is 0.409. The van der Waals surface area contributed by atoms with E-state index in [2.05, 4.69) is 22.1 Å². The van der Waals surface area contributed by atoms with Gasteiger partial charge in [0.1, 0.15) is 6.26 Å². The number of piperidine rings is 1. The summed E-state index contributed by atoms with van der Waals surface area (Å²) in [5.41, 5.74) is 1.01. The number of nitrogens with one attached hydrogen (secondary N) is 1. The number of aromatic nitrogens is 1. The highest BCUT2D eigenvalue weighted by Gasteiger charge is 2.23. The molecule has 2 heterocycles. The van der Waals surface area contributed by atoms with Crippen molar-refractivity contribution in [1.29, 1.82) is 0 Å². The number of hydrogen-bond donors (Lipinski definition) is 1. The maximum absolute atomic E-state index is 5.66. The molecule has 1 saturated heterocycles. The van der Waals surface area contributed by atoms with Crippen molar-refractivity contribution in [3.8, 4) is 0 Å². The molecular weight excluding hydrogens is 242 g/mol. The molecule has 0 amide bonds. The van der Waals surface area contributed by atoms with Crippen LogP contribution in [0.1, 0.15) is 38.3 Å². The molecule has 0 spiro atoms. The van der Waals surface area contributed by atoms with Gasteiger partial charge in [0.15, 0.2) is 0 Å². The molecule has 1 aromatic rings. The predicted molar refractivity (Wildman–Crippen MR) is 73.2 cm³/mol. The Bertz CT molecular complexity index is 395. The van der Waals surface area contributed by atoms with E-state index in [-0.39, 0.29) is 0 Å². The van der Waals surface area contributed by atoms with Crippen LogP contribution in [0.15, 0.2) is 10.7 Å². The van der Waals surface area contributed by atoms with Crippen LogP contribution >= 0.6 is 0 Å². The lowest BCUT2D eigenvalue weighted by molar-refractivity contribution is 0.0453. The molecule has 2 aliphatic rings. The number of rotatable bonds is 6. The first-order valence-corrected chi connectivity index (χ1v) is 7.39. The fourth-order valence-corrected chi connectivity index (χ4v) is 2.51. The largest absolute Gasteiger partial charge is 0.432 e. The first kappa shape index (κ1) is 12.9. The van der Waals surface area contributed by atoms with Gasteiger partial charge in [0, 0.05) is 32.3 Å². The van der Waals surface area contributed by atoms with Crippen molar-refractivity contribution in [3.05, 3.63) is 12.0 Å². The zero-order chi connectivity index (χ0) is 13.1. The summed E-state index contributed by atoms with van der Waals surface area (Å²) < 4.78 is 11.2. The van der Waals surface area contributed by atoms with E-state index in [4.69, 9.17) is 9.15 Å². The smallest absolute Gasteiger partial charge is 0.297 e. The van der Waals surface area contributed by atoms with Gasteiger partial charge >= 0.3 is 0 Å². The van der Waals surface area contributed by atoms with E-state index in [1.807, 2.05) is 0 Å². The van der Waals surface area contributed by atoms with Gasteiger partial charge in [-0.3, -0.25) is 0 Å². The molecule has 0 bridgehead atoms. The fraction of sp³-hybridized carbons (Fsp3) is 0.786. The molecular formula is C14H23N3O2. The van der Waals surface area contributed by atoms with Crippen LogP contribution in [0.4, 0.5) is 6.01 Å². The molecule has 0 aromatic carbocycles. The molecule has 0 radical (unpaired) electrons. The molecule has 19 heavy (non-hydrogen) atoms. The zero-order valence-electron chi connectivity index (χ0n) is 11.6. The average molecular weight is 265 g/mol. The van der Waals surface area contributed by atoms with Crippen molar-refractivity contribution in [2.24, 2.45) is 0 Å². The number of oxazole rings is 1. The summed E-state index contributed by atoms with van der Waals surface area (Å²) in [5, 5.41) is 3.45. The monoisotopic (exact) mass is 265 g/mol. The Hall–Kier alpha value is -1.07. The zero-order valence-corrected chi connectivity index (χ0v) is 11.6. The van der Waals surface area contributed by atoms with Crippen LogP contribution < -0.4 is 10.2 Å². The van der Waals surface area contributed by atoms with E-state index in [9.17, 15) is 0 Å². The van der Waals surface area contributed by atoms with Crippen LogP contribution in [0.2, 0.25) is 0 Å². The van der Waals surface area contributed by atoms with Crippen molar-refractivity contribution in [3.63, 3.8) is 0 Å². The number of nitrogens with zero attached hydrogens (tertiary/aromatic N) is 2. The Morgan fingerprint density at radius 3 is 2.84 bits per heavy atom. The Morgan fingerprint density at radius 1 is 1.37 bits per heavy atom. The van der Waals surface area contributed by atoms with E-state index < -0.39 is 0 Å². The third-order valence-corrected chi connectivity index (χ3v) is 3.80. The van der Waals surface area contributed by atoms with Gasteiger partial charge in [-0.15, -0.1) is 0 Å². The second kappa shape index (κ2) is 5.92. The summed E-state index contributed by atoms with van der Waals surface area (Å²) in [6, 6.07) is 1.48. The van der Waals surface area contributed by atoms with Crippen LogP contribution in [-0.4, -0.2) is 36.8 Å². The van der Waals surface area contributed by atoms with Gasteiger partial charge in [-0.1, -0.05) is 0 Å². The lowest BCUT2D eigenvalue weighted by Crippen LogP contribution is -2.37. The molecule has 1 aliphatic carbocycles. The highest BCUT2D eigenvalue weighted by Crippen LogP contribution is 2.22. The second-order valence-corrected chi connectivity index (χ2v) is 5.42. The van der Waals surface area contributed by atoms with E-state index in [0.717, 1.165) is 50.8 Å². The summed E-state index contributed by atoms with van der Waals surface area (Å²) in [7, 11) is 0. The first-order chi connectivity index (χ1) is 9.35. The summed E-state index contributed by atoms with van der Waals surface area (Å²) in [6.07, 6.45) is 6.91. The number of hydrogen-bond acceptors (Lipinski definition) is 5. The maximum Gasteiger partial charge on any atom is 0.297 e. The molecule has 5 nitrogen and oxygen atoms in total. The molecule has 5 heteroatoms. The van der Waals surface area contributed by atoms with Crippen molar-refractivity contribution in [2.45, 2.75) is 51.3 Å². The van der Waals surface area contributed by atoms with Gasteiger partial charge in [0.25, 0.3) is 6.01 Å². The normalized spacial score (nSPS) is 21.0. The van der Waals surface area contributed by atoms with E-state index >= 15 is 0 Å². The van der Waals surface area contributed by atoms with Crippen molar-refractivity contribution in [2.75, 3.05) is 24.6 Å². The van der Waals surface area contributed by atoms with E-state index in [1.54, 1.807) is 6.26 Å². The average Bonchev–Trinajstić information content (AvgIpc) is 3.15. The number of ether oxygens (including phenoxy) is 1. The van der Waals surface area contributed by atoms with Crippen LogP contribution in [0.5, 0.6) is 0 Å². The molecule has 0 unspecified atom stereocenters. The van der Waals surface area contributed by atoms with Gasteiger partial charge in [0.2, 0.25) is 0 Å². The SMILES string of the molecule is CCOC1CCN(c2nc(CNC3CC3)co2)CC1. The Kier molecular flexibility index (Phi) is 4.03. The summed E-state index contributed by atoms with van der Waals surface area (Å²) in [6.45, 7) is 5.63. The summed E-state index contributed by atoms with van der Waals surface area (Å²) >= 11 is 0. The highest BCUT2D eigenvalue weighted by molar-refractivity contribution is 5.27. The predicted octanol–water partition coefficient (Wildman–Crippen LogP) is 1.93. The van der Waals surface area contributed by atoms with Gasteiger partial charge in [-0.05, 0) is 32.6 Å². The molecule has 1 saturated carbocycles. The van der Waals surface area contributed by atoms with Crippen LogP contribution in [0, 0.1) is 0 Å². The third-order valence-electron chi connectivity index (χ3n) is 3.80. The standard InChI is InChI=1S/C14H23N3O2/c1-2-18-13-5-7-17(8-6-13)14-16-12(10-19-14)9-15-11-3-4-11/h10-11,13,15H,2-9H2,1H3. The Morgan fingerprint density at radius 2 is 2.16 bits per heavy atom. The van der Waals surface area contributed by atoms with Gasteiger partial charge in [-0.25, -0.2) is 0 Å². The Balaban J connectivity index is 1.48. The van der Waals surface area contributed by atoms with Gasteiger partial charge in [0.05, 0.1) is 11.8 Å². The quantitative estimate of drug-likeness (QED) is 0.851. The van der Waals surface area contributed by atoms with Gasteiger partial charge in [-0.2, -0.15) is 4.98 Å². The molecule has 1 N–H and O–H groups in total. The van der Waals surface area contributed by atoms with Crippen molar-refractivity contribution >= 4 is 6.01 Å². The molecule has 3 rings (SSSR count). The third kappa shape index (κ3) is 3.48. The lowest BCUT2D eigenvalue weighted by atomic mass is 10.1. The molecule has 106 valence electrons. The highest BCUT2D eigenvalue weighted by atomic mass is 16.5. The van der Waals surface area contributed by atoms with Crippen molar-refractivity contribution < 1.29 is 9.15 Å². The topological polar surface area (TPSA) is 50.5 Å². The van der Waals surface area contributed by atoms with Crippen LogP contribution in [0.25, 0.3) is 0 Å². The molecule has 1 aromatic heterocycles. The van der Waals surface area contributed by atoms with Gasteiger partial charge < -0.3 is 19.4 Å². The minimum absolute atomic E-state index is 0.409. The number of anilines is 1. The summed E-state index contributed by atoms with van der Waals surface area (Å²) in [4.78, 5) is 6.78. The lowest BCUT2D eigenvalue weighted by Gasteiger charge is -2.30. The maximum atomic E-state index is 5.66. The molecule has 2 fully saturated rings. The molecule has 0 atom stereocenters. The van der Waals surface area contributed by atoms with E-state index in [1.165, 1.54) is 12.8 Å². The Labute approximate surface area is 114 Å². The fourth-order valence-electron chi connectivity index (χ4n) is 2.51. The summed E-state index contributed by atoms with van der Waals surface area (Å²) in [5.74, 6) is 0. The van der Waals surface area contributed by atoms with E-state index in [0.29, 0.717) is 12.1 Å². The minimum Gasteiger partial charge on any atom is -0.432 e. The first-order valence-electron chi connectivity index (χ1n) is 7.39. The van der Waals surface area contributed by atoms with Crippen molar-refractivity contribution in [1.82, 2.24) is 10.3 Å². The van der Waals surface area contributed by atoms with Crippen LogP contribution in [-0.2, 0) is 11.3 Å². The molecule has 1 aliphatic heterocycles.